The molecule has 5 aromatic heterocycles. The third-order valence-corrected chi connectivity index (χ3v) is 24.5. The quantitative estimate of drug-likeness (QED) is 0.159. The zero-order valence-corrected chi connectivity index (χ0v) is 57.2. The molecule has 0 amide bonds. The number of thiophene rings is 1. The van der Waals surface area contributed by atoms with Gasteiger partial charge in [-0.1, -0.05) is 185 Å². The van der Waals surface area contributed by atoms with Gasteiger partial charge in [-0.15, -0.1) is 11.3 Å². The maximum Gasteiger partial charge on any atom is 0.143 e. The molecule has 478 valence electrons. The first-order valence-corrected chi connectivity index (χ1v) is 36.2. The van der Waals surface area contributed by atoms with Gasteiger partial charge >= 0.3 is 0 Å². The Morgan fingerprint density at radius 2 is 0.725 bits per heavy atom. The lowest BCUT2D eigenvalue weighted by Crippen LogP contribution is -2.16. The highest BCUT2D eigenvalue weighted by atomic mass is 32.1. The number of hydrogen-bond acceptors (Lipinski definition) is 5. The van der Waals surface area contributed by atoms with Gasteiger partial charge in [0.1, 0.15) is 27.2 Å². The lowest BCUT2D eigenvalue weighted by Gasteiger charge is -2.28. The van der Waals surface area contributed by atoms with Crippen LogP contribution in [0.1, 0.15) is 49.9 Å². The molecule has 0 bridgehead atoms. The maximum absolute atomic E-state index is 6.99. The third-order valence-electron chi connectivity index (χ3n) is 23.4. The topological polar surface area (TPSA) is 37.2 Å². The molecular weight excluding hydrogens is 1260 g/mol. The fraction of sp³-hybridized carbons (Fsp3) is 0.0625. The predicted molar refractivity (Wildman–Crippen MR) is 431 cm³/mol. The van der Waals surface area contributed by atoms with Crippen molar-refractivity contribution in [2.24, 2.45) is 0 Å². The Balaban J connectivity index is 0.724. The molecule has 0 saturated carbocycles. The number of furan rings is 2. The molecule has 16 aromatic carbocycles. The number of benzene rings is 16. The van der Waals surface area contributed by atoms with Crippen LogP contribution in [-0.2, 0) is 10.8 Å². The van der Waals surface area contributed by atoms with Crippen LogP contribution >= 0.6 is 11.3 Å². The monoisotopic (exact) mass is 1320 g/mol. The second-order valence-corrected chi connectivity index (χ2v) is 30.6. The summed E-state index contributed by atoms with van der Waals surface area (Å²) < 4.78 is 17.8. The van der Waals surface area contributed by atoms with Crippen LogP contribution in [0.4, 0.5) is 34.1 Å². The van der Waals surface area contributed by atoms with Crippen LogP contribution in [0.15, 0.2) is 306 Å². The molecule has 0 N–H and O–H groups in total. The fourth-order valence-electron chi connectivity index (χ4n) is 18.4. The van der Waals surface area contributed by atoms with Crippen molar-refractivity contribution in [3.63, 3.8) is 0 Å². The Hall–Kier alpha value is -12.5. The van der Waals surface area contributed by atoms with E-state index in [2.05, 4.69) is 339 Å². The lowest BCUT2D eigenvalue weighted by atomic mass is 9.81. The second-order valence-electron chi connectivity index (χ2n) is 29.5. The van der Waals surface area contributed by atoms with Crippen molar-refractivity contribution in [3.8, 4) is 33.4 Å². The Morgan fingerprint density at radius 1 is 0.294 bits per heavy atom. The summed E-state index contributed by atoms with van der Waals surface area (Å²) >= 11 is 1.89. The van der Waals surface area contributed by atoms with Gasteiger partial charge in [0.15, 0.2) is 0 Å². The number of aromatic nitrogens is 1. The molecule has 102 heavy (non-hydrogen) atoms. The van der Waals surface area contributed by atoms with Crippen LogP contribution < -0.4 is 9.80 Å². The molecular formula is C96H61N3O2S. The van der Waals surface area contributed by atoms with E-state index in [1.54, 1.807) is 0 Å². The molecule has 0 spiro atoms. The first-order chi connectivity index (χ1) is 50.0. The van der Waals surface area contributed by atoms with Crippen LogP contribution in [0.5, 0.6) is 0 Å². The summed E-state index contributed by atoms with van der Waals surface area (Å²) in [6.07, 6.45) is 0. The number of fused-ring (bicyclic) bond motifs is 26. The van der Waals surface area contributed by atoms with Gasteiger partial charge in [0, 0.05) is 121 Å². The zero-order chi connectivity index (χ0) is 67.2. The van der Waals surface area contributed by atoms with E-state index in [4.69, 9.17) is 8.83 Å². The molecule has 0 aliphatic heterocycles. The van der Waals surface area contributed by atoms with Crippen LogP contribution in [0.3, 0.4) is 0 Å². The molecule has 0 fully saturated rings. The number of rotatable bonds is 7. The van der Waals surface area contributed by atoms with Crippen molar-refractivity contribution in [1.29, 1.82) is 0 Å². The molecule has 5 heterocycles. The normalized spacial score (nSPS) is 13.8. The minimum Gasteiger partial charge on any atom is -0.455 e. The largest absolute Gasteiger partial charge is 0.455 e. The van der Waals surface area contributed by atoms with Gasteiger partial charge in [-0.2, -0.15) is 0 Å². The van der Waals surface area contributed by atoms with Gasteiger partial charge < -0.3 is 18.6 Å². The van der Waals surface area contributed by atoms with Crippen molar-refractivity contribution in [3.05, 3.63) is 320 Å². The minimum atomic E-state index is -0.248. The molecule has 21 aromatic rings. The molecule has 23 rings (SSSR count). The molecule has 2 aliphatic rings. The van der Waals surface area contributed by atoms with E-state index >= 15 is 0 Å². The molecule has 2 aliphatic carbocycles. The summed E-state index contributed by atoms with van der Waals surface area (Å²) in [5.41, 5.74) is 24.8. The molecule has 0 radical (unpaired) electrons. The zero-order valence-electron chi connectivity index (χ0n) is 56.4. The van der Waals surface area contributed by atoms with Gasteiger partial charge in [-0.3, -0.25) is 4.40 Å². The molecule has 0 unspecified atom stereocenters. The van der Waals surface area contributed by atoms with E-state index in [-0.39, 0.29) is 10.8 Å². The smallest absolute Gasteiger partial charge is 0.143 e. The van der Waals surface area contributed by atoms with E-state index in [0.717, 1.165) is 94.2 Å². The van der Waals surface area contributed by atoms with Crippen LogP contribution in [-0.4, -0.2) is 4.40 Å². The van der Waals surface area contributed by atoms with Crippen LogP contribution in [0.2, 0.25) is 0 Å². The van der Waals surface area contributed by atoms with Crippen molar-refractivity contribution in [2.45, 2.75) is 38.5 Å². The fourth-order valence-corrected chi connectivity index (χ4v) is 19.6. The maximum atomic E-state index is 6.99. The van der Waals surface area contributed by atoms with Gasteiger partial charge in [-0.25, -0.2) is 0 Å². The van der Waals surface area contributed by atoms with Crippen molar-refractivity contribution < 1.29 is 8.83 Å². The molecule has 5 nitrogen and oxygen atoms in total. The summed E-state index contributed by atoms with van der Waals surface area (Å²) in [4.78, 5) is 6.15. The first kappa shape index (κ1) is 56.4. The Bertz CT molecular complexity index is 7280. The summed E-state index contributed by atoms with van der Waals surface area (Å²) in [5.74, 6) is 0. The van der Waals surface area contributed by atoms with E-state index in [9.17, 15) is 0 Å². The number of nitrogens with zero attached hydrogens (tertiary/aromatic N) is 3. The van der Waals surface area contributed by atoms with E-state index in [1.807, 2.05) is 11.3 Å². The summed E-state index contributed by atoms with van der Waals surface area (Å²) in [7, 11) is 0. The summed E-state index contributed by atoms with van der Waals surface area (Å²) in [6.45, 7) is 9.57. The molecule has 0 atom stereocenters. The summed E-state index contributed by atoms with van der Waals surface area (Å²) in [6, 6.07) is 111. The van der Waals surface area contributed by atoms with Gasteiger partial charge in [0.2, 0.25) is 0 Å². The minimum absolute atomic E-state index is 0.239. The lowest BCUT2D eigenvalue weighted by molar-refractivity contribution is 0.661. The molecule has 0 saturated heterocycles. The highest BCUT2D eigenvalue weighted by Gasteiger charge is 2.39. The Labute approximate surface area is 590 Å². The number of hydrogen-bond donors (Lipinski definition) is 0. The Morgan fingerprint density at radius 3 is 1.28 bits per heavy atom. The first-order valence-electron chi connectivity index (χ1n) is 35.4. The van der Waals surface area contributed by atoms with Crippen molar-refractivity contribution in [1.82, 2.24) is 4.40 Å². The van der Waals surface area contributed by atoms with Crippen molar-refractivity contribution in [2.75, 3.05) is 9.80 Å². The van der Waals surface area contributed by atoms with Crippen LogP contribution in [0, 0.1) is 0 Å². The van der Waals surface area contributed by atoms with Gasteiger partial charge in [-0.05, 0) is 215 Å². The van der Waals surface area contributed by atoms with Gasteiger partial charge in [0.25, 0.3) is 0 Å². The van der Waals surface area contributed by atoms with Gasteiger partial charge in [0.05, 0.1) is 11.0 Å². The SMILES string of the molecule is CC1(C)c2cc(N(c3ccc4c(c3)oc3c5ccccc5ccc43)c3ccc4c(c3)sc3c4c4cc(-c5ccccc5)cc5c6cc(N(c7ccc8c(c7)C(C)(C)c7cc9ccccc9cc7-8)c7ccc8c(c7)oc7c9ccccc9ccc87)ccc6n3c54)ccc2-c2cc3ccccc3cc21. The Kier molecular flexibility index (Phi) is 11.1. The predicted octanol–water partition coefficient (Wildman–Crippen LogP) is 27.7. The molecule has 6 heteroatoms. The van der Waals surface area contributed by atoms with Crippen LogP contribution in [0.25, 0.3) is 168 Å². The van der Waals surface area contributed by atoms with E-state index < -0.39 is 0 Å². The standard InChI is InChI=1S/C96H61N3O2S/c1-95(2)82-46-59-22-10-8-20-57(59)42-77(82)70-36-28-63(49-84(70)95)97(65-30-38-72-74-34-26-55-18-12-14-24-68(55)92(74)100-87(72)51-65)62-33-41-86-79(48-62)80-44-61(54-16-6-5-7-17-54)45-81-90-76-40-32-67(53-89(76)102-94(90)99(86)91(80)81)98(66-31-39-73-75-35-27-56-19-13-15-25-69(56)93(75)101-88(73)52-66)64-29-37-71-78-43-58-21-9-11-23-60(58)47-83(78)96(3,4)85(71)50-64/h5-53H,1-4H3. The highest BCUT2D eigenvalue weighted by Crippen LogP contribution is 2.56. The summed E-state index contributed by atoms with van der Waals surface area (Å²) in [5, 5.41) is 20.3. The highest BCUT2D eigenvalue weighted by molar-refractivity contribution is 7.25. The second kappa shape index (κ2) is 20.1. The van der Waals surface area contributed by atoms with E-state index in [0.29, 0.717) is 0 Å². The third kappa shape index (κ3) is 7.71. The average molecular weight is 1320 g/mol. The van der Waals surface area contributed by atoms with Crippen molar-refractivity contribution >= 4 is 180 Å². The number of anilines is 6. The van der Waals surface area contributed by atoms with E-state index in [1.165, 1.54) is 130 Å². The average Bonchev–Trinajstić information content (AvgIpc) is 1.53.